The summed E-state index contributed by atoms with van der Waals surface area (Å²) in [6.45, 7) is 0. The Hall–Kier alpha value is 2.06. The molecule has 0 amide bonds. The first-order valence-electron chi connectivity index (χ1n) is 5.52. The van der Waals surface area contributed by atoms with E-state index in [0.717, 1.165) is 46.0 Å². The van der Waals surface area contributed by atoms with Crippen LogP contribution in [0.4, 0.5) is 0 Å². The van der Waals surface area contributed by atoms with Crippen molar-refractivity contribution in [2.75, 3.05) is 46.0 Å². The first-order chi connectivity index (χ1) is 8.24. The van der Waals surface area contributed by atoms with Gasteiger partial charge in [0.05, 0.1) is 6.10 Å². The molecular weight excluding hydrogens is 329 g/mol. The third kappa shape index (κ3) is 12.8. The molecule has 17 heavy (non-hydrogen) atoms. The lowest BCUT2D eigenvalue weighted by molar-refractivity contribution is 0.225. The van der Waals surface area contributed by atoms with Gasteiger partial charge in [0, 0.05) is 39.8 Å². The van der Waals surface area contributed by atoms with Gasteiger partial charge in [0.15, 0.2) is 0 Å². The second-order valence-corrected chi connectivity index (χ2v) is 8.28. The zero-order valence-electron chi connectivity index (χ0n) is 9.83. The molecule has 0 aliphatic carbocycles. The lowest BCUT2D eigenvalue weighted by Crippen LogP contribution is -2.17. The minimum atomic E-state index is -0.194. The van der Waals surface area contributed by atoms with Gasteiger partial charge in [-0.25, -0.2) is 0 Å². The van der Waals surface area contributed by atoms with E-state index in [-0.39, 0.29) is 6.10 Å². The maximum Gasteiger partial charge on any atom is 0.0720 e. The predicted octanol–water partition coefficient (Wildman–Crippen LogP) is 2.70. The molecule has 0 spiro atoms. The van der Waals surface area contributed by atoms with Crippen molar-refractivity contribution in [3.05, 3.63) is 0 Å². The second kappa shape index (κ2) is 14.5. The molecule has 104 valence electrons. The molecule has 0 aliphatic heterocycles. The number of thioether (sulfide) groups is 3. The van der Waals surface area contributed by atoms with Crippen LogP contribution in [0.15, 0.2) is 0 Å². The number of rotatable bonds is 12. The van der Waals surface area contributed by atoms with Gasteiger partial charge in [-0.15, -0.1) is 0 Å². The van der Waals surface area contributed by atoms with Gasteiger partial charge >= 0.3 is 0 Å². The first-order valence-corrected chi connectivity index (χ1v) is 10.8. The van der Waals surface area contributed by atoms with Crippen LogP contribution in [0.3, 0.4) is 0 Å². The van der Waals surface area contributed by atoms with Gasteiger partial charge in [-0.2, -0.15) is 73.2 Å². The van der Waals surface area contributed by atoms with Gasteiger partial charge in [-0.1, -0.05) is 0 Å². The van der Waals surface area contributed by atoms with E-state index in [1.807, 2.05) is 23.5 Å². The molecule has 0 heterocycles. The molecule has 0 bridgehead atoms. The zero-order valence-corrected chi connectivity index (χ0v) is 15.0. The van der Waals surface area contributed by atoms with Gasteiger partial charge in [0.25, 0.3) is 0 Å². The monoisotopic (exact) mass is 350 g/mol. The van der Waals surface area contributed by atoms with E-state index in [1.54, 1.807) is 11.8 Å². The molecule has 1 N–H and O–H groups in total. The fraction of sp³-hybridized carbons (Fsp3) is 1.00. The number of aliphatic hydroxyl groups excluding tert-OH is 1. The molecular formula is C10H22OS6. The predicted molar refractivity (Wildman–Crippen MR) is 98.5 cm³/mol. The standard InChI is InChI=1S/C10H22OS6/c11-9(6-15-3-1-12)7-16-8-10(5-14)17-4-2-13/h9-14H,1-8H2/t9-,10?/m1/s1. The molecule has 0 aliphatic rings. The molecule has 0 aromatic heterocycles. The molecule has 0 fully saturated rings. The Bertz CT molecular complexity index is 160. The highest BCUT2D eigenvalue weighted by atomic mass is 32.2. The molecule has 0 saturated heterocycles. The van der Waals surface area contributed by atoms with E-state index >= 15 is 0 Å². The maximum absolute atomic E-state index is 9.73. The Kier molecular flexibility index (Phi) is 16.2. The summed E-state index contributed by atoms with van der Waals surface area (Å²) >= 11 is 18.2. The Balaban J connectivity index is 3.45. The molecule has 7 heteroatoms. The number of hydrogen-bond donors (Lipinski definition) is 4. The van der Waals surface area contributed by atoms with Crippen LogP contribution in [-0.4, -0.2) is 62.5 Å². The van der Waals surface area contributed by atoms with Gasteiger partial charge in [0.1, 0.15) is 0 Å². The summed E-state index contributed by atoms with van der Waals surface area (Å²) in [6.07, 6.45) is -0.194. The van der Waals surface area contributed by atoms with Crippen LogP contribution in [0.2, 0.25) is 0 Å². The molecule has 0 aromatic rings. The quantitative estimate of drug-likeness (QED) is 0.320. The summed E-state index contributed by atoms with van der Waals surface area (Å²) in [7, 11) is 0. The van der Waals surface area contributed by atoms with Crippen LogP contribution in [0.5, 0.6) is 0 Å². The van der Waals surface area contributed by atoms with Crippen LogP contribution in [0.25, 0.3) is 0 Å². The van der Waals surface area contributed by atoms with E-state index in [2.05, 4.69) is 37.9 Å². The summed E-state index contributed by atoms with van der Waals surface area (Å²) in [4.78, 5) is 0. The molecule has 0 rings (SSSR count). The highest BCUT2D eigenvalue weighted by Gasteiger charge is 2.09. The van der Waals surface area contributed by atoms with E-state index in [1.165, 1.54) is 0 Å². The Labute approximate surface area is 135 Å². The third-order valence-electron chi connectivity index (χ3n) is 1.81. The average Bonchev–Trinajstić information content (AvgIpc) is 2.34. The maximum atomic E-state index is 9.73. The number of hydrogen-bond acceptors (Lipinski definition) is 7. The lowest BCUT2D eigenvalue weighted by atomic mass is 10.5. The minimum Gasteiger partial charge on any atom is -0.391 e. The van der Waals surface area contributed by atoms with Gasteiger partial charge < -0.3 is 5.11 Å². The van der Waals surface area contributed by atoms with Crippen molar-refractivity contribution >= 4 is 73.2 Å². The average molecular weight is 351 g/mol. The van der Waals surface area contributed by atoms with Gasteiger partial charge in [-0.3, -0.25) is 0 Å². The molecule has 1 nitrogen and oxygen atoms in total. The highest BCUT2D eigenvalue weighted by Crippen LogP contribution is 2.19. The summed E-state index contributed by atoms with van der Waals surface area (Å²) in [5, 5.41) is 10.3. The normalized spacial score (nSPS) is 14.8. The fourth-order valence-electron chi connectivity index (χ4n) is 1.04. The highest BCUT2D eigenvalue weighted by molar-refractivity contribution is 8.04. The largest absolute Gasteiger partial charge is 0.391 e. The van der Waals surface area contributed by atoms with Crippen molar-refractivity contribution in [3.63, 3.8) is 0 Å². The molecule has 0 radical (unpaired) electrons. The van der Waals surface area contributed by atoms with Crippen LogP contribution < -0.4 is 0 Å². The summed E-state index contributed by atoms with van der Waals surface area (Å²) < 4.78 is 0. The second-order valence-electron chi connectivity index (χ2n) is 3.39. The molecule has 2 atom stereocenters. The van der Waals surface area contributed by atoms with E-state index in [9.17, 15) is 5.11 Å². The van der Waals surface area contributed by atoms with E-state index in [4.69, 9.17) is 0 Å². The topological polar surface area (TPSA) is 20.2 Å². The molecule has 0 saturated carbocycles. The number of aliphatic hydroxyl groups is 1. The third-order valence-corrected chi connectivity index (χ3v) is 7.38. The summed E-state index contributed by atoms with van der Waals surface area (Å²) in [5.74, 6) is 7.51. The van der Waals surface area contributed by atoms with Gasteiger partial charge in [-0.05, 0) is 11.5 Å². The van der Waals surface area contributed by atoms with Crippen molar-refractivity contribution in [3.8, 4) is 0 Å². The van der Waals surface area contributed by atoms with Crippen molar-refractivity contribution in [1.82, 2.24) is 0 Å². The van der Waals surface area contributed by atoms with Crippen LogP contribution >= 0.6 is 73.2 Å². The molecule has 0 aromatic carbocycles. The van der Waals surface area contributed by atoms with Crippen LogP contribution in [0.1, 0.15) is 0 Å². The first kappa shape index (κ1) is 19.1. The number of thiol groups is 3. The Morgan fingerprint density at radius 3 is 2.12 bits per heavy atom. The molecule has 1 unspecified atom stereocenters. The SMILES string of the molecule is O[C@H](CSCCS)CSCC(CS)SCCS. The van der Waals surface area contributed by atoms with E-state index in [0.29, 0.717) is 5.25 Å². The smallest absolute Gasteiger partial charge is 0.0720 e. The minimum absolute atomic E-state index is 0.194. The zero-order chi connectivity index (χ0) is 12.9. The van der Waals surface area contributed by atoms with Gasteiger partial charge in [0.2, 0.25) is 0 Å². The fourth-order valence-corrected chi connectivity index (χ4v) is 5.32. The Morgan fingerprint density at radius 1 is 0.882 bits per heavy atom. The van der Waals surface area contributed by atoms with Crippen molar-refractivity contribution < 1.29 is 5.11 Å². The van der Waals surface area contributed by atoms with Crippen LogP contribution in [-0.2, 0) is 0 Å². The van der Waals surface area contributed by atoms with E-state index < -0.39 is 0 Å². The van der Waals surface area contributed by atoms with Crippen molar-refractivity contribution in [1.29, 1.82) is 0 Å². The summed E-state index contributed by atoms with van der Waals surface area (Å²) in [6, 6.07) is 0. The van der Waals surface area contributed by atoms with Crippen LogP contribution in [0, 0.1) is 0 Å². The lowest BCUT2D eigenvalue weighted by Gasteiger charge is -2.15. The summed E-state index contributed by atoms with van der Waals surface area (Å²) in [5.41, 5.74) is 0. The van der Waals surface area contributed by atoms with Crippen molar-refractivity contribution in [2.45, 2.75) is 11.4 Å². The Morgan fingerprint density at radius 2 is 1.53 bits per heavy atom. The van der Waals surface area contributed by atoms with Crippen molar-refractivity contribution in [2.24, 2.45) is 0 Å².